The van der Waals surface area contributed by atoms with Gasteiger partial charge < -0.3 is 19.0 Å². The minimum absolute atomic E-state index is 0.00925. The van der Waals surface area contributed by atoms with Crippen LogP contribution < -0.4 is 14.5 Å². The number of benzene rings is 6. The zero-order chi connectivity index (χ0) is 35.0. The van der Waals surface area contributed by atoms with Gasteiger partial charge in [-0.05, 0) is 82.4 Å². The summed E-state index contributed by atoms with van der Waals surface area (Å²) in [7, 11) is 0. The maximum absolute atomic E-state index is 6.67. The average molecular weight is 677 g/mol. The summed E-state index contributed by atoms with van der Waals surface area (Å²) < 4.78 is 15.6. The van der Waals surface area contributed by atoms with Gasteiger partial charge in [0.25, 0.3) is 0 Å². The Morgan fingerprint density at radius 3 is 2.15 bits per heavy atom. The lowest BCUT2D eigenvalue weighted by atomic mass is 9.88. The molecule has 0 amide bonds. The van der Waals surface area contributed by atoms with Crippen LogP contribution >= 0.6 is 0 Å². The fourth-order valence-corrected chi connectivity index (χ4v) is 7.64. The predicted octanol–water partition coefficient (Wildman–Crippen LogP) is 12.4. The summed E-state index contributed by atoms with van der Waals surface area (Å²) >= 11 is 0. The number of nitrogens with zero attached hydrogens (tertiary/aromatic N) is 4. The molecule has 6 heteroatoms. The normalized spacial score (nSPS) is 13.1. The Labute approximate surface area is 301 Å². The van der Waals surface area contributed by atoms with Crippen LogP contribution in [0.2, 0.25) is 0 Å². The molecule has 0 radical (unpaired) electrons. The summed E-state index contributed by atoms with van der Waals surface area (Å²) in [5.41, 5.74) is 9.42. The van der Waals surface area contributed by atoms with Gasteiger partial charge in [0, 0.05) is 35.1 Å². The van der Waals surface area contributed by atoms with E-state index in [9.17, 15) is 0 Å². The number of hydrogen-bond donors (Lipinski definition) is 0. The third-order valence-corrected chi connectivity index (χ3v) is 10.3. The van der Waals surface area contributed by atoms with Crippen LogP contribution in [-0.2, 0) is 5.41 Å². The van der Waals surface area contributed by atoms with Gasteiger partial charge >= 0.3 is 0 Å². The summed E-state index contributed by atoms with van der Waals surface area (Å²) in [5, 5.41) is 4.41. The SMILES string of the molecule is CC(C)(C)c1ccc(-n2c3cc(Oc4cccc(N5CN(c6ccccc6)c6ccccc65)c4)ccc3c3oc4ccc5ccccc5c4c32)nc1. The van der Waals surface area contributed by atoms with Crippen molar-refractivity contribution >= 4 is 66.5 Å². The molecular weight excluding hydrogens is 641 g/mol. The first kappa shape index (κ1) is 30.3. The molecule has 9 aromatic rings. The Hall–Kier alpha value is -6.53. The largest absolute Gasteiger partial charge is 0.457 e. The van der Waals surface area contributed by atoms with Crippen molar-refractivity contribution in [2.24, 2.45) is 0 Å². The summed E-state index contributed by atoms with van der Waals surface area (Å²) in [6, 6.07) is 50.7. The fraction of sp³-hybridized carbons (Fsp3) is 0.109. The number of pyridine rings is 1. The number of anilines is 4. The first-order valence-electron chi connectivity index (χ1n) is 17.7. The molecule has 6 aromatic carbocycles. The third-order valence-electron chi connectivity index (χ3n) is 10.3. The van der Waals surface area contributed by atoms with E-state index in [1.54, 1.807) is 0 Å². The molecule has 1 aliphatic rings. The second-order valence-electron chi connectivity index (χ2n) is 14.5. The molecule has 3 aromatic heterocycles. The van der Waals surface area contributed by atoms with Crippen molar-refractivity contribution in [3.63, 3.8) is 0 Å². The van der Waals surface area contributed by atoms with Gasteiger partial charge in [-0.15, -0.1) is 0 Å². The Kier molecular flexibility index (Phi) is 6.70. The molecule has 10 rings (SSSR count). The minimum atomic E-state index is -0.00925. The van der Waals surface area contributed by atoms with Crippen molar-refractivity contribution < 1.29 is 9.15 Å². The first-order valence-corrected chi connectivity index (χ1v) is 17.7. The molecule has 252 valence electrons. The standard InChI is InChI=1S/C46H36N4O2/c1-46(2,3)31-21-25-42(47-28-31)50-40-27-35(22-23-37(40)45-44(50)43-36-17-8-7-12-30(36)20-24-41(43)52-45)51-34-16-11-15-33(26-34)49-29-48(32-13-5-4-6-14-32)38-18-9-10-19-39(38)49/h4-28H,29H2,1-3H3. The minimum Gasteiger partial charge on any atom is -0.457 e. The quantitative estimate of drug-likeness (QED) is 0.182. The molecule has 4 heterocycles. The van der Waals surface area contributed by atoms with Gasteiger partial charge in [-0.1, -0.05) is 93.6 Å². The van der Waals surface area contributed by atoms with Crippen molar-refractivity contribution in [1.29, 1.82) is 0 Å². The van der Waals surface area contributed by atoms with E-state index >= 15 is 0 Å². The molecule has 0 saturated carbocycles. The predicted molar refractivity (Wildman–Crippen MR) is 213 cm³/mol. The third kappa shape index (κ3) is 4.83. The Morgan fingerprint density at radius 1 is 0.635 bits per heavy atom. The van der Waals surface area contributed by atoms with Crippen molar-refractivity contribution in [3.05, 3.63) is 157 Å². The number of ether oxygens (including phenoxy) is 1. The first-order chi connectivity index (χ1) is 25.4. The average Bonchev–Trinajstić information content (AvgIpc) is 3.84. The van der Waals surface area contributed by atoms with Crippen molar-refractivity contribution in [2.45, 2.75) is 26.2 Å². The number of rotatable bonds is 5. The van der Waals surface area contributed by atoms with E-state index < -0.39 is 0 Å². The van der Waals surface area contributed by atoms with Gasteiger partial charge in [-0.25, -0.2) is 4.98 Å². The van der Waals surface area contributed by atoms with Crippen molar-refractivity contribution in [2.75, 3.05) is 16.5 Å². The number of furan rings is 1. The van der Waals surface area contributed by atoms with Crippen LogP contribution in [0.25, 0.3) is 49.6 Å². The van der Waals surface area contributed by atoms with Gasteiger partial charge in [0.05, 0.1) is 22.3 Å². The van der Waals surface area contributed by atoms with E-state index in [-0.39, 0.29) is 5.41 Å². The highest BCUT2D eigenvalue weighted by Crippen LogP contribution is 2.46. The van der Waals surface area contributed by atoms with Gasteiger partial charge in [0.2, 0.25) is 0 Å². The maximum atomic E-state index is 6.67. The number of hydrogen-bond acceptors (Lipinski definition) is 5. The molecule has 0 aliphatic carbocycles. The summed E-state index contributed by atoms with van der Waals surface area (Å²) in [6.45, 7) is 7.34. The Morgan fingerprint density at radius 2 is 1.37 bits per heavy atom. The van der Waals surface area contributed by atoms with Crippen LogP contribution in [0.4, 0.5) is 22.7 Å². The van der Waals surface area contributed by atoms with Gasteiger partial charge in [0.1, 0.15) is 35.1 Å². The fourth-order valence-electron chi connectivity index (χ4n) is 7.64. The highest BCUT2D eigenvalue weighted by atomic mass is 16.5. The number of aromatic nitrogens is 2. The molecule has 0 atom stereocenters. The molecule has 0 saturated heterocycles. The molecule has 0 unspecified atom stereocenters. The Bertz CT molecular complexity index is 2790. The maximum Gasteiger partial charge on any atom is 0.161 e. The van der Waals surface area contributed by atoms with Crippen LogP contribution in [0.3, 0.4) is 0 Å². The van der Waals surface area contributed by atoms with Crippen LogP contribution in [0, 0.1) is 0 Å². The lowest BCUT2D eigenvalue weighted by Crippen LogP contribution is -2.23. The zero-order valence-electron chi connectivity index (χ0n) is 29.2. The second kappa shape index (κ2) is 11.5. The van der Waals surface area contributed by atoms with E-state index in [0.717, 1.165) is 72.7 Å². The highest BCUT2D eigenvalue weighted by Gasteiger charge is 2.28. The molecule has 52 heavy (non-hydrogen) atoms. The van der Waals surface area contributed by atoms with E-state index in [1.807, 2.05) is 18.3 Å². The zero-order valence-corrected chi connectivity index (χ0v) is 29.2. The molecule has 0 fully saturated rings. The van der Waals surface area contributed by atoms with E-state index in [2.05, 4.69) is 169 Å². The second-order valence-corrected chi connectivity index (χ2v) is 14.5. The number of para-hydroxylation sites is 3. The highest BCUT2D eigenvalue weighted by molar-refractivity contribution is 6.24. The molecule has 6 nitrogen and oxygen atoms in total. The monoisotopic (exact) mass is 676 g/mol. The lowest BCUT2D eigenvalue weighted by Gasteiger charge is -2.22. The molecule has 0 bridgehead atoms. The van der Waals surface area contributed by atoms with Crippen LogP contribution in [0.5, 0.6) is 11.5 Å². The van der Waals surface area contributed by atoms with Crippen molar-refractivity contribution in [3.8, 4) is 17.3 Å². The lowest BCUT2D eigenvalue weighted by molar-refractivity contribution is 0.483. The molecular formula is C46H36N4O2. The summed E-state index contributed by atoms with van der Waals surface area (Å²) in [5.74, 6) is 2.33. The summed E-state index contributed by atoms with van der Waals surface area (Å²) in [4.78, 5) is 9.72. The topological polar surface area (TPSA) is 46.7 Å². The molecule has 1 aliphatic heterocycles. The van der Waals surface area contributed by atoms with E-state index in [4.69, 9.17) is 14.1 Å². The smallest absolute Gasteiger partial charge is 0.161 e. The molecule has 0 spiro atoms. The van der Waals surface area contributed by atoms with Gasteiger partial charge in [-0.3, -0.25) is 4.57 Å². The van der Waals surface area contributed by atoms with E-state index in [0.29, 0.717) is 6.67 Å². The number of fused-ring (bicyclic) bond motifs is 8. The van der Waals surface area contributed by atoms with Gasteiger partial charge in [0.15, 0.2) is 5.58 Å². The molecule has 0 N–H and O–H groups in total. The van der Waals surface area contributed by atoms with E-state index in [1.165, 1.54) is 16.6 Å². The van der Waals surface area contributed by atoms with Crippen LogP contribution in [0.1, 0.15) is 26.3 Å². The Balaban J connectivity index is 1.08. The van der Waals surface area contributed by atoms with Crippen LogP contribution in [-0.4, -0.2) is 16.2 Å². The van der Waals surface area contributed by atoms with Crippen LogP contribution in [0.15, 0.2) is 156 Å². The van der Waals surface area contributed by atoms with Gasteiger partial charge in [-0.2, -0.15) is 0 Å². The van der Waals surface area contributed by atoms with Crippen molar-refractivity contribution in [1.82, 2.24) is 9.55 Å². The summed E-state index contributed by atoms with van der Waals surface area (Å²) in [6.07, 6.45) is 1.99.